The predicted molar refractivity (Wildman–Crippen MR) is 108 cm³/mol. The maximum absolute atomic E-state index is 13.2. The van der Waals surface area contributed by atoms with Crippen LogP contribution in [0.2, 0.25) is 0 Å². The first kappa shape index (κ1) is 19.3. The van der Waals surface area contributed by atoms with Gasteiger partial charge < -0.3 is 18.5 Å². The van der Waals surface area contributed by atoms with Crippen molar-refractivity contribution in [1.82, 2.24) is 4.90 Å². The molecule has 0 bridgehead atoms. The zero-order valence-corrected chi connectivity index (χ0v) is 16.3. The largest absolute Gasteiger partial charge is 0.519 e. The lowest BCUT2D eigenvalue weighted by Gasteiger charge is -2.36. The zero-order chi connectivity index (χ0) is 20.2. The second-order valence-corrected chi connectivity index (χ2v) is 6.96. The third-order valence-electron chi connectivity index (χ3n) is 5.20. The summed E-state index contributed by atoms with van der Waals surface area (Å²) in [7, 11) is 1.69. The van der Waals surface area contributed by atoms with Crippen LogP contribution in [0.3, 0.4) is 0 Å². The number of piperazine rings is 1. The van der Waals surface area contributed by atoms with Crippen LogP contribution in [0.15, 0.2) is 62.2 Å². The highest BCUT2D eigenvalue weighted by atomic mass is 19.1. The summed E-state index contributed by atoms with van der Waals surface area (Å²) in [5.74, 6) is 0.677. The summed E-state index contributed by atoms with van der Waals surface area (Å²) in [5.41, 5.74) is 1.74. The molecule has 0 saturated carbocycles. The Hall–Kier alpha value is -3.06. The van der Waals surface area contributed by atoms with E-state index in [9.17, 15) is 9.18 Å². The van der Waals surface area contributed by atoms with Gasteiger partial charge in [-0.3, -0.25) is 4.90 Å². The van der Waals surface area contributed by atoms with E-state index in [2.05, 4.69) is 15.9 Å². The van der Waals surface area contributed by atoms with Gasteiger partial charge in [-0.2, -0.15) is 0 Å². The van der Waals surface area contributed by atoms with E-state index >= 15 is 0 Å². The van der Waals surface area contributed by atoms with E-state index in [1.165, 1.54) is 12.1 Å². The first-order valence-corrected chi connectivity index (χ1v) is 9.63. The van der Waals surface area contributed by atoms with E-state index in [4.69, 9.17) is 13.6 Å². The Labute approximate surface area is 168 Å². The first-order chi connectivity index (χ1) is 14.1. The summed E-state index contributed by atoms with van der Waals surface area (Å²) in [6.07, 6.45) is 0.549. The molecule has 1 fully saturated rings. The summed E-state index contributed by atoms with van der Waals surface area (Å²) < 4.78 is 29.1. The van der Waals surface area contributed by atoms with Crippen molar-refractivity contribution in [2.75, 3.05) is 44.7 Å². The first-order valence-electron chi connectivity index (χ1n) is 9.63. The van der Waals surface area contributed by atoms with Gasteiger partial charge in [-0.25, -0.2) is 9.18 Å². The van der Waals surface area contributed by atoms with E-state index < -0.39 is 5.82 Å². The Balaban J connectivity index is 1.38. The Bertz CT molecular complexity index is 1000. The molecule has 4 rings (SSSR count). The van der Waals surface area contributed by atoms with Gasteiger partial charge in [-0.05, 0) is 36.4 Å². The van der Waals surface area contributed by atoms with Gasteiger partial charge in [0.05, 0.1) is 12.8 Å². The molecule has 0 unspecified atom stereocenters. The summed E-state index contributed by atoms with van der Waals surface area (Å²) in [6.45, 7) is 4.31. The molecule has 0 radical (unpaired) electrons. The average molecular weight is 398 g/mol. The molecule has 2 aromatic carbocycles. The monoisotopic (exact) mass is 398 g/mol. The Morgan fingerprint density at radius 2 is 1.72 bits per heavy atom. The standard InChI is InChI=1S/C22H23FN2O4/c1-27-19-5-3-2-4-18(19)25-14-12-24(13-15-25)11-10-20-21(29-22(26)28-20)16-6-8-17(23)9-7-16/h2-9H,10-15H2,1H3. The van der Waals surface area contributed by atoms with Crippen molar-refractivity contribution in [3.8, 4) is 17.1 Å². The second kappa shape index (κ2) is 8.53. The molecule has 1 aliphatic heterocycles. The van der Waals surface area contributed by atoms with Crippen LogP contribution in [0, 0.1) is 5.82 Å². The van der Waals surface area contributed by atoms with Crippen molar-refractivity contribution in [2.24, 2.45) is 0 Å². The fourth-order valence-corrected chi connectivity index (χ4v) is 3.66. The molecular formula is C22H23FN2O4. The van der Waals surface area contributed by atoms with Crippen LogP contribution >= 0.6 is 0 Å². The molecule has 0 N–H and O–H groups in total. The minimum atomic E-state index is -0.736. The molecule has 0 aliphatic carbocycles. The molecule has 2 heterocycles. The lowest BCUT2D eigenvalue weighted by atomic mass is 10.1. The van der Waals surface area contributed by atoms with E-state index in [0.717, 1.165) is 44.2 Å². The topological polar surface area (TPSA) is 59.1 Å². The van der Waals surface area contributed by atoms with Crippen LogP contribution in [-0.2, 0) is 6.42 Å². The number of benzene rings is 2. The quantitative estimate of drug-likeness (QED) is 0.634. The Kier molecular flexibility index (Phi) is 5.67. The maximum Gasteiger partial charge on any atom is 0.519 e. The third-order valence-corrected chi connectivity index (χ3v) is 5.20. The molecule has 6 nitrogen and oxygen atoms in total. The minimum Gasteiger partial charge on any atom is -0.495 e. The molecular weight excluding hydrogens is 375 g/mol. The molecule has 3 aromatic rings. The zero-order valence-electron chi connectivity index (χ0n) is 16.3. The number of hydrogen-bond acceptors (Lipinski definition) is 6. The molecule has 152 valence electrons. The molecule has 0 atom stereocenters. The number of methoxy groups -OCH3 is 1. The van der Waals surface area contributed by atoms with E-state index in [-0.39, 0.29) is 5.82 Å². The molecule has 1 aliphatic rings. The summed E-state index contributed by atoms with van der Waals surface area (Å²) in [6, 6.07) is 13.9. The van der Waals surface area contributed by atoms with Crippen molar-refractivity contribution in [3.63, 3.8) is 0 Å². The number of hydrogen-bond donors (Lipinski definition) is 0. The Morgan fingerprint density at radius 1 is 1.00 bits per heavy atom. The van der Waals surface area contributed by atoms with Crippen molar-refractivity contribution in [2.45, 2.75) is 6.42 Å². The van der Waals surface area contributed by atoms with Gasteiger partial charge in [-0.1, -0.05) is 12.1 Å². The second-order valence-electron chi connectivity index (χ2n) is 6.96. The highest BCUT2D eigenvalue weighted by Gasteiger charge is 2.21. The van der Waals surface area contributed by atoms with Gasteiger partial charge >= 0.3 is 5.82 Å². The number of halogens is 1. The lowest BCUT2D eigenvalue weighted by Crippen LogP contribution is -2.47. The van der Waals surface area contributed by atoms with Crippen LogP contribution < -0.4 is 15.5 Å². The fourth-order valence-electron chi connectivity index (χ4n) is 3.66. The average Bonchev–Trinajstić information content (AvgIpc) is 3.13. The Morgan fingerprint density at radius 3 is 2.45 bits per heavy atom. The SMILES string of the molecule is COc1ccccc1N1CCN(CCc2oc(=O)oc2-c2ccc(F)cc2)CC1. The van der Waals surface area contributed by atoms with E-state index in [1.54, 1.807) is 19.2 Å². The van der Waals surface area contributed by atoms with Gasteiger partial charge in [0.1, 0.15) is 11.6 Å². The van der Waals surface area contributed by atoms with Gasteiger partial charge in [0.15, 0.2) is 11.5 Å². The molecule has 0 spiro atoms. The lowest BCUT2D eigenvalue weighted by molar-refractivity contribution is 0.253. The van der Waals surface area contributed by atoms with Crippen LogP contribution in [0.5, 0.6) is 5.75 Å². The number of ether oxygens (including phenoxy) is 1. The summed E-state index contributed by atoms with van der Waals surface area (Å²) >= 11 is 0. The van der Waals surface area contributed by atoms with E-state index in [1.807, 2.05) is 18.2 Å². The number of para-hydroxylation sites is 2. The van der Waals surface area contributed by atoms with Crippen molar-refractivity contribution < 1.29 is 18.0 Å². The van der Waals surface area contributed by atoms with E-state index in [0.29, 0.717) is 23.5 Å². The summed E-state index contributed by atoms with van der Waals surface area (Å²) in [5, 5.41) is 0. The van der Waals surface area contributed by atoms with Crippen molar-refractivity contribution in [1.29, 1.82) is 0 Å². The molecule has 1 saturated heterocycles. The smallest absolute Gasteiger partial charge is 0.495 e. The van der Waals surface area contributed by atoms with Crippen LogP contribution in [0.1, 0.15) is 5.76 Å². The number of rotatable bonds is 6. The fraction of sp³-hybridized carbons (Fsp3) is 0.318. The highest BCUT2D eigenvalue weighted by Crippen LogP contribution is 2.28. The van der Waals surface area contributed by atoms with Crippen LogP contribution in [0.25, 0.3) is 11.3 Å². The van der Waals surface area contributed by atoms with Gasteiger partial charge in [-0.15, -0.1) is 0 Å². The highest BCUT2D eigenvalue weighted by molar-refractivity contribution is 5.59. The number of anilines is 1. The van der Waals surface area contributed by atoms with Gasteiger partial charge in [0.2, 0.25) is 0 Å². The van der Waals surface area contributed by atoms with Crippen LogP contribution in [0.4, 0.5) is 10.1 Å². The molecule has 1 aromatic heterocycles. The van der Waals surface area contributed by atoms with Crippen molar-refractivity contribution >= 4 is 5.69 Å². The van der Waals surface area contributed by atoms with Crippen LogP contribution in [-0.4, -0.2) is 44.7 Å². The van der Waals surface area contributed by atoms with Crippen molar-refractivity contribution in [3.05, 3.63) is 70.7 Å². The third kappa shape index (κ3) is 4.35. The molecule has 0 amide bonds. The predicted octanol–water partition coefficient (Wildman–Crippen LogP) is 3.41. The minimum absolute atomic E-state index is 0.339. The van der Waals surface area contributed by atoms with Gasteiger partial charge in [0, 0.05) is 44.7 Å². The maximum atomic E-state index is 13.2. The number of nitrogens with zero attached hydrogens (tertiary/aromatic N) is 2. The van der Waals surface area contributed by atoms with Gasteiger partial charge in [0.25, 0.3) is 0 Å². The molecule has 7 heteroatoms. The molecule has 29 heavy (non-hydrogen) atoms. The summed E-state index contributed by atoms with van der Waals surface area (Å²) in [4.78, 5) is 16.3. The normalized spacial score (nSPS) is 14.9.